The van der Waals surface area contributed by atoms with Gasteiger partial charge in [-0.25, -0.2) is 0 Å². The maximum Gasteiger partial charge on any atom is 0.309 e. The topological polar surface area (TPSA) is 66.8 Å². The van der Waals surface area contributed by atoms with Gasteiger partial charge in [-0.1, -0.05) is 0 Å². The van der Waals surface area contributed by atoms with Gasteiger partial charge in [-0.05, 0) is 88.4 Å². The highest BCUT2D eigenvalue weighted by molar-refractivity contribution is 5.74. The van der Waals surface area contributed by atoms with Gasteiger partial charge < -0.3 is 14.9 Å². The van der Waals surface area contributed by atoms with E-state index in [0.717, 1.165) is 50.2 Å². The van der Waals surface area contributed by atoms with Gasteiger partial charge in [0.25, 0.3) is 0 Å². The minimum Gasteiger partial charge on any atom is -0.460 e. The number of hydrogen-bond acceptors (Lipinski definition) is 4. The van der Waals surface area contributed by atoms with Crippen molar-refractivity contribution in [2.75, 3.05) is 14.2 Å². The van der Waals surface area contributed by atoms with E-state index in [9.17, 15) is 4.79 Å². The number of aliphatic hydroxyl groups is 2. The number of ether oxygens (including phenoxy) is 1. The minimum absolute atomic E-state index is 0.0984. The predicted octanol–water partition coefficient (Wildman–Crippen LogP) is 2.86. The first-order chi connectivity index (χ1) is 10.9. The van der Waals surface area contributed by atoms with E-state index in [1.54, 1.807) is 0 Å². The van der Waals surface area contributed by atoms with E-state index < -0.39 is 0 Å². The van der Waals surface area contributed by atoms with Crippen molar-refractivity contribution in [3.8, 4) is 0 Å². The lowest BCUT2D eigenvalue weighted by molar-refractivity contribution is -0.163. The normalized spacial score (nSPS) is 42.3. The molecule has 4 rings (SSSR count). The summed E-state index contributed by atoms with van der Waals surface area (Å²) in [6.45, 7) is 5.95. The summed E-state index contributed by atoms with van der Waals surface area (Å²) in [5.74, 6) is 5.69. The monoisotopic (exact) mass is 326 g/mol. The van der Waals surface area contributed by atoms with Crippen LogP contribution in [0, 0.1) is 41.4 Å². The second kappa shape index (κ2) is 7.10. The molecular formula is C19H34O4. The molecular weight excluding hydrogens is 292 g/mol. The van der Waals surface area contributed by atoms with E-state index in [2.05, 4.69) is 0 Å². The molecule has 0 saturated heterocycles. The quantitative estimate of drug-likeness (QED) is 0.574. The number of carbonyl (C=O) groups is 1. The summed E-state index contributed by atoms with van der Waals surface area (Å²) in [5, 5.41) is 14.0. The lowest BCUT2D eigenvalue weighted by Crippen LogP contribution is -2.38. The first kappa shape index (κ1) is 18.7. The van der Waals surface area contributed by atoms with Gasteiger partial charge in [-0.15, -0.1) is 0 Å². The number of esters is 1. The summed E-state index contributed by atoms with van der Waals surface area (Å²) in [5.41, 5.74) is -0.326. The molecule has 0 aromatic carbocycles. The van der Waals surface area contributed by atoms with Crippen molar-refractivity contribution < 1.29 is 19.7 Å². The summed E-state index contributed by atoms with van der Waals surface area (Å²) in [6, 6.07) is 0. The van der Waals surface area contributed by atoms with Crippen molar-refractivity contribution in [3.63, 3.8) is 0 Å². The molecule has 0 heterocycles. The molecule has 4 nitrogen and oxygen atoms in total. The summed E-state index contributed by atoms with van der Waals surface area (Å²) in [4.78, 5) is 12.4. The molecule has 4 heteroatoms. The molecule has 23 heavy (non-hydrogen) atoms. The lowest BCUT2D eigenvalue weighted by Gasteiger charge is -2.38. The number of rotatable bonds is 1. The highest BCUT2D eigenvalue weighted by Gasteiger charge is 2.63. The van der Waals surface area contributed by atoms with Crippen LogP contribution in [-0.4, -0.2) is 36.0 Å². The van der Waals surface area contributed by atoms with Crippen molar-refractivity contribution >= 4 is 5.97 Å². The third-order valence-electron chi connectivity index (χ3n) is 6.44. The Morgan fingerprint density at radius 3 is 2.00 bits per heavy atom. The Labute approximate surface area is 140 Å². The minimum atomic E-state index is -0.326. The Hall–Kier alpha value is -0.610. The fourth-order valence-electron chi connectivity index (χ4n) is 6.21. The molecule has 0 spiro atoms. The number of hydrogen-bond donors (Lipinski definition) is 2. The first-order valence-corrected chi connectivity index (χ1v) is 9.06. The standard InChI is InChI=1S/C17H26O2.2CH4O/c1-17(2,3)19-16(18)13-8-11-7-12(13)15-10-5-4-9(6-10)14(11)15;2*1-2/h9-15H,4-8H2,1-3H3;2*2H,1H3. The van der Waals surface area contributed by atoms with Crippen LogP contribution in [0.2, 0.25) is 0 Å². The fraction of sp³-hybridized carbons (Fsp3) is 0.947. The van der Waals surface area contributed by atoms with Crippen LogP contribution < -0.4 is 0 Å². The van der Waals surface area contributed by atoms with Gasteiger partial charge in [-0.3, -0.25) is 4.79 Å². The number of aliphatic hydroxyl groups excluding tert-OH is 2. The van der Waals surface area contributed by atoms with Crippen LogP contribution >= 0.6 is 0 Å². The van der Waals surface area contributed by atoms with Crippen LogP contribution in [-0.2, 0) is 9.53 Å². The average molecular weight is 326 g/mol. The van der Waals surface area contributed by atoms with Gasteiger partial charge in [0.15, 0.2) is 0 Å². The molecule has 0 radical (unpaired) electrons. The van der Waals surface area contributed by atoms with Gasteiger partial charge in [0.05, 0.1) is 5.92 Å². The number of carbonyl (C=O) groups excluding carboxylic acids is 1. The van der Waals surface area contributed by atoms with E-state index in [1.165, 1.54) is 25.7 Å². The maximum atomic E-state index is 12.4. The zero-order valence-corrected chi connectivity index (χ0v) is 15.3. The lowest BCUT2D eigenvalue weighted by atomic mass is 9.67. The predicted molar refractivity (Wildman–Crippen MR) is 89.6 cm³/mol. The second-order valence-electron chi connectivity index (χ2n) is 8.52. The van der Waals surface area contributed by atoms with E-state index in [0.29, 0.717) is 5.92 Å². The summed E-state index contributed by atoms with van der Waals surface area (Å²) >= 11 is 0. The maximum absolute atomic E-state index is 12.4. The number of fused-ring (bicyclic) bond motifs is 9. The molecule has 4 aliphatic rings. The van der Waals surface area contributed by atoms with Crippen molar-refractivity contribution in [1.29, 1.82) is 0 Å². The van der Waals surface area contributed by atoms with Crippen LogP contribution in [0.5, 0.6) is 0 Å². The van der Waals surface area contributed by atoms with Crippen LogP contribution in [0.25, 0.3) is 0 Å². The van der Waals surface area contributed by atoms with Gasteiger partial charge in [0, 0.05) is 14.2 Å². The van der Waals surface area contributed by atoms with Crippen LogP contribution in [0.1, 0.15) is 52.9 Å². The van der Waals surface area contributed by atoms with Gasteiger partial charge in [0.2, 0.25) is 0 Å². The molecule has 7 atom stereocenters. The summed E-state index contributed by atoms with van der Waals surface area (Å²) < 4.78 is 5.66. The average Bonchev–Trinajstić information content (AvgIpc) is 3.27. The molecule has 4 bridgehead atoms. The largest absolute Gasteiger partial charge is 0.460 e. The molecule has 0 aromatic heterocycles. The van der Waals surface area contributed by atoms with Crippen molar-refractivity contribution in [1.82, 2.24) is 0 Å². The van der Waals surface area contributed by atoms with E-state index >= 15 is 0 Å². The highest BCUT2D eigenvalue weighted by atomic mass is 16.6. The molecule has 7 unspecified atom stereocenters. The van der Waals surface area contributed by atoms with E-state index in [-0.39, 0.29) is 17.5 Å². The van der Waals surface area contributed by atoms with Crippen LogP contribution in [0.15, 0.2) is 0 Å². The summed E-state index contributed by atoms with van der Waals surface area (Å²) in [7, 11) is 2.00. The molecule has 0 aromatic rings. The Morgan fingerprint density at radius 1 is 0.870 bits per heavy atom. The van der Waals surface area contributed by atoms with Crippen LogP contribution in [0.4, 0.5) is 0 Å². The van der Waals surface area contributed by atoms with Crippen molar-refractivity contribution in [2.24, 2.45) is 41.4 Å². The molecule has 2 N–H and O–H groups in total. The van der Waals surface area contributed by atoms with Gasteiger partial charge >= 0.3 is 5.97 Å². The van der Waals surface area contributed by atoms with E-state index in [4.69, 9.17) is 14.9 Å². The molecule has 4 aliphatic carbocycles. The zero-order chi connectivity index (χ0) is 17.4. The van der Waals surface area contributed by atoms with Crippen molar-refractivity contribution in [3.05, 3.63) is 0 Å². The molecule has 4 fully saturated rings. The Kier molecular flexibility index (Phi) is 5.78. The van der Waals surface area contributed by atoms with E-state index in [1.807, 2.05) is 20.8 Å². The molecule has 134 valence electrons. The third kappa shape index (κ3) is 3.30. The highest BCUT2D eigenvalue weighted by Crippen LogP contribution is 2.68. The van der Waals surface area contributed by atoms with Crippen LogP contribution in [0.3, 0.4) is 0 Å². The Bertz CT molecular complexity index is 414. The summed E-state index contributed by atoms with van der Waals surface area (Å²) in [6.07, 6.45) is 6.85. The Balaban J connectivity index is 0.000000448. The molecule has 0 amide bonds. The van der Waals surface area contributed by atoms with Crippen molar-refractivity contribution in [2.45, 2.75) is 58.5 Å². The fourth-order valence-corrected chi connectivity index (χ4v) is 6.21. The third-order valence-corrected chi connectivity index (χ3v) is 6.44. The first-order valence-electron chi connectivity index (χ1n) is 9.06. The second-order valence-corrected chi connectivity index (χ2v) is 8.52. The SMILES string of the molecule is CC(C)(C)OC(=O)C1CC2CC1C1C3CCC(C3)C21.CO.CO. The van der Waals surface area contributed by atoms with Gasteiger partial charge in [-0.2, -0.15) is 0 Å². The van der Waals surface area contributed by atoms with Gasteiger partial charge in [0.1, 0.15) is 5.60 Å². The smallest absolute Gasteiger partial charge is 0.309 e. The Morgan fingerprint density at radius 2 is 1.43 bits per heavy atom. The zero-order valence-electron chi connectivity index (χ0n) is 15.3. The molecule has 0 aliphatic heterocycles. The molecule has 4 saturated carbocycles.